The number of hydrogen-bond acceptors (Lipinski definition) is 5. The third-order valence-electron chi connectivity index (χ3n) is 4.60. The number of sulfone groups is 1. The van der Waals surface area contributed by atoms with Gasteiger partial charge in [0.2, 0.25) is 5.78 Å². The molecule has 0 saturated heterocycles. The summed E-state index contributed by atoms with van der Waals surface area (Å²) in [4.78, 5) is 24.8. The Morgan fingerprint density at radius 2 is 1.70 bits per heavy atom. The van der Waals surface area contributed by atoms with Gasteiger partial charge >= 0.3 is 5.97 Å². The lowest BCUT2D eigenvalue weighted by molar-refractivity contribution is 0.0318. The Balaban J connectivity index is 1.77. The summed E-state index contributed by atoms with van der Waals surface area (Å²) in [5, 5.41) is 0.0244. The number of rotatable bonds is 5. The Bertz CT molecular complexity index is 1030. The first-order valence-electron chi connectivity index (χ1n) is 8.53. The van der Waals surface area contributed by atoms with Gasteiger partial charge in [0, 0.05) is 11.8 Å². The van der Waals surface area contributed by atoms with Crippen LogP contribution in [0.2, 0.25) is 5.02 Å². The van der Waals surface area contributed by atoms with Crippen LogP contribution in [0.25, 0.3) is 0 Å². The van der Waals surface area contributed by atoms with Crippen molar-refractivity contribution in [2.24, 2.45) is 0 Å². The normalized spacial score (nSPS) is 14.5. The van der Waals surface area contributed by atoms with Gasteiger partial charge in [0.15, 0.2) is 15.9 Å². The fourth-order valence-electron chi connectivity index (χ4n) is 3.16. The first kappa shape index (κ1) is 19.6. The number of esters is 1. The molecule has 0 aromatic heterocycles. The highest BCUT2D eigenvalue weighted by Crippen LogP contribution is 2.25. The SMILES string of the molecule is CC(OC(=O)c1ccc(Cl)c(S(C)(=O)=O)c1)C(=O)c1ccc2c(c1)CCC2. The minimum absolute atomic E-state index is 0.0217. The molecule has 0 aliphatic heterocycles. The van der Waals surface area contributed by atoms with Gasteiger partial charge in [0.25, 0.3) is 0 Å². The Hall–Kier alpha value is -2.18. The van der Waals surface area contributed by atoms with Crippen LogP contribution < -0.4 is 0 Å². The molecule has 0 saturated carbocycles. The number of carbonyl (C=O) groups is 2. The molecule has 0 spiro atoms. The Morgan fingerprint density at radius 3 is 2.41 bits per heavy atom. The van der Waals surface area contributed by atoms with Crippen molar-refractivity contribution < 1.29 is 22.7 Å². The molecule has 0 radical (unpaired) electrons. The Labute approximate surface area is 163 Å². The largest absolute Gasteiger partial charge is 0.451 e. The van der Waals surface area contributed by atoms with Gasteiger partial charge in [0.1, 0.15) is 0 Å². The summed E-state index contributed by atoms with van der Waals surface area (Å²) < 4.78 is 28.7. The number of hydrogen-bond donors (Lipinski definition) is 0. The minimum Gasteiger partial charge on any atom is -0.451 e. The summed E-state index contributed by atoms with van der Waals surface area (Å²) in [6.07, 6.45) is 3.06. The van der Waals surface area contributed by atoms with Crippen LogP contribution in [0.1, 0.15) is 45.2 Å². The van der Waals surface area contributed by atoms with E-state index in [0.717, 1.165) is 37.1 Å². The quantitative estimate of drug-likeness (QED) is 0.559. The fourth-order valence-corrected chi connectivity index (χ4v) is 4.46. The first-order valence-corrected chi connectivity index (χ1v) is 10.8. The Kier molecular flexibility index (Phi) is 5.40. The van der Waals surface area contributed by atoms with E-state index in [1.807, 2.05) is 12.1 Å². The summed E-state index contributed by atoms with van der Waals surface area (Å²) in [5.74, 6) is -1.08. The van der Waals surface area contributed by atoms with Crippen molar-refractivity contribution >= 4 is 33.2 Å². The fraction of sp³-hybridized carbons (Fsp3) is 0.300. The predicted molar refractivity (Wildman–Crippen MR) is 102 cm³/mol. The van der Waals surface area contributed by atoms with E-state index < -0.39 is 21.9 Å². The number of ketones is 1. The monoisotopic (exact) mass is 406 g/mol. The van der Waals surface area contributed by atoms with Crippen LogP contribution >= 0.6 is 11.6 Å². The van der Waals surface area contributed by atoms with Gasteiger partial charge in [-0.1, -0.05) is 23.7 Å². The molecule has 0 amide bonds. The van der Waals surface area contributed by atoms with Crippen LogP contribution in [-0.4, -0.2) is 32.5 Å². The molecule has 2 aromatic carbocycles. The summed E-state index contributed by atoms with van der Waals surface area (Å²) in [7, 11) is -3.59. The first-order chi connectivity index (χ1) is 12.7. The molecule has 3 rings (SSSR count). The molecule has 2 aromatic rings. The highest BCUT2D eigenvalue weighted by molar-refractivity contribution is 7.90. The van der Waals surface area contributed by atoms with Crippen LogP contribution in [0.3, 0.4) is 0 Å². The molecule has 1 unspecified atom stereocenters. The van der Waals surface area contributed by atoms with E-state index in [1.54, 1.807) is 6.07 Å². The van der Waals surface area contributed by atoms with Gasteiger partial charge in [-0.25, -0.2) is 13.2 Å². The molecule has 5 nitrogen and oxygen atoms in total. The summed E-state index contributed by atoms with van der Waals surface area (Å²) >= 11 is 5.88. The number of carbonyl (C=O) groups excluding carboxylic acids is 2. The van der Waals surface area contributed by atoms with E-state index in [-0.39, 0.29) is 21.3 Å². The highest BCUT2D eigenvalue weighted by atomic mass is 35.5. The van der Waals surface area contributed by atoms with Crippen molar-refractivity contribution in [2.75, 3.05) is 6.26 Å². The molecule has 1 atom stereocenters. The topological polar surface area (TPSA) is 77.5 Å². The molecule has 27 heavy (non-hydrogen) atoms. The number of benzene rings is 2. The molecular formula is C20H19ClO5S. The highest BCUT2D eigenvalue weighted by Gasteiger charge is 2.23. The maximum atomic E-state index is 12.6. The van der Waals surface area contributed by atoms with Gasteiger partial charge in [-0.3, -0.25) is 4.79 Å². The second-order valence-corrected chi connectivity index (χ2v) is 9.06. The lowest BCUT2D eigenvalue weighted by atomic mass is 10.0. The summed E-state index contributed by atoms with van der Waals surface area (Å²) in [6, 6.07) is 9.40. The van der Waals surface area contributed by atoms with Crippen molar-refractivity contribution in [3.05, 3.63) is 63.7 Å². The zero-order chi connectivity index (χ0) is 19.8. The lowest BCUT2D eigenvalue weighted by Crippen LogP contribution is -2.24. The van der Waals surface area contributed by atoms with Crippen LogP contribution in [0.4, 0.5) is 0 Å². The standard InChI is InChI=1S/C20H19ClO5S/c1-12(19(22)15-7-6-13-4-3-5-14(13)10-15)26-20(23)16-8-9-17(21)18(11-16)27(2,24)25/h6-12H,3-5H2,1-2H3. The van der Waals surface area contributed by atoms with Gasteiger partial charge in [0.05, 0.1) is 15.5 Å². The number of ether oxygens (including phenoxy) is 1. The maximum Gasteiger partial charge on any atom is 0.338 e. The molecular weight excluding hydrogens is 388 g/mol. The molecule has 1 aliphatic rings. The molecule has 1 aliphatic carbocycles. The molecule has 0 bridgehead atoms. The van der Waals surface area contributed by atoms with Gasteiger partial charge < -0.3 is 4.74 Å². The summed E-state index contributed by atoms with van der Waals surface area (Å²) in [5.41, 5.74) is 2.94. The third kappa shape index (κ3) is 4.22. The number of Topliss-reactive ketones (excluding diaryl/α,β-unsaturated/α-hetero) is 1. The van der Waals surface area contributed by atoms with Crippen LogP contribution in [0.5, 0.6) is 0 Å². The average molecular weight is 407 g/mol. The van der Waals surface area contributed by atoms with E-state index in [1.165, 1.54) is 24.6 Å². The second-order valence-electron chi connectivity index (χ2n) is 6.67. The predicted octanol–water partition coefficient (Wildman–Crippen LogP) is 3.66. The van der Waals surface area contributed by atoms with Crippen LogP contribution in [0.15, 0.2) is 41.3 Å². The minimum atomic E-state index is -3.59. The van der Waals surface area contributed by atoms with Gasteiger partial charge in [-0.2, -0.15) is 0 Å². The van der Waals surface area contributed by atoms with E-state index in [4.69, 9.17) is 16.3 Å². The van der Waals surface area contributed by atoms with Crippen molar-refractivity contribution in [2.45, 2.75) is 37.2 Å². The lowest BCUT2D eigenvalue weighted by Gasteiger charge is -2.14. The van der Waals surface area contributed by atoms with Gasteiger partial charge in [-0.05, 0) is 61.6 Å². The van der Waals surface area contributed by atoms with Crippen molar-refractivity contribution in [3.8, 4) is 0 Å². The number of aryl methyl sites for hydroxylation is 2. The molecule has 142 valence electrons. The summed E-state index contributed by atoms with van der Waals surface area (Å²) in [6.45, 7) is 1.50. The van der Waals surface area contributed by atoms with E-state index in [0.29, 0.717) is 5.56 Å². The zero-order valence-electron chi connectivity index (χ0n) is 15.0. The van der Waals surface area contributed by atoms with Crippen LogP contribution in [-0.2, 0) is 27.4 Å². The van der Waals surface area contributed by atoms with E-state index >= 15 is 0 Å². The smallest absolute Gasteiger partial charge is 0.338 e. The van der Waals surface area contributed by atoms with Crippen molar-refractivity contribution in [3.63, 3.8) is 0 Å². The number of halogens is 1. The molecule has 0 N–H and O–H groups in total. The maximum absolute atomic E-state index is 12.6. The van der Waals surface area contributed by atoms with E-state index in [9.17, 15) is 18.0 Å². The zero-order valence-corrected chi connectivity index (χ0v) is 16.6. The molecule has 0 heterocycles. The van der Waals surface area contributed by atoms with Gasteiger partial charge in [-0.15, -0.1) is 0 Å². The Morgan fingerprint density at radius 1 is 1.04 bits per heavy atom. The second kappa shape index (κ2) is 7.44. The number of fused-ring (bicyclic) bond motifs is 1. The average Bonchev–Trinajstić information content (AvgIpc) is 3.07. The van der Waals surface area contributed by atoms with Crippen molar-refractivity contribution in [1.29, 1.82) is 0 Å². The molecule has 0 fully saturated rings. The van der Waals surface area contributed by atoms with E-state index in [2.05, 4.69) is 0 Å². The molecule has 7 heteroatoms. The van der Waals surface area contributed by atoms with Crippen molar-refractivity contribution in [1.82, 2.24) is 0 Å². The van der Waals surface area contributed by atoms with Crippen LogP contribution in [0, 0.1) is 0 Å². The third-order valence-corrected chi connectivity index (χ3v) is 6.18.